The van der Waals surface area contributed by atoms with Gasteiger partial charge in [0.2, 0.25) is 0 Å². The number of anilines is 3. The third kappa shape index (κ3) is 5.56. The molecule has 4 aliphatic carbocycles. The molecule has 1 spiro atoms. The van der Waals surface area contributed by atoms with Crippen LogP contribution in [0.4, 0.5) is 17.1 Å². The number of fused-ring (bicyclic) bond motifs is 16. The Bertz CT molecular complexity index is 3960. The summed E-state index contributed by atoms with van der Waals surface area (Å²) in [6.07, 6.45) is 5.27. The zero-order chi connectivity index (χ0) is 46.3. The fourth-order valence-corrected chi connectivity index (χ4v) is 14.4. The van der Waals surface area contributed by atoms with E-state index in [9.17, 15) is 0 Å². The number of benzene rings is 10. The predicted octanol–water partition coefficient (Wildman–Crippen LogP) is 18.6. The molecule has 11 aromatic rings. The molecule has 15 rings (SSSR count). The van der Waals surface area contributed by atoms with Gasteiger partial charge < -0.3 is 9.32 Å². The molecule has 2 heteroatoms. The van der Waals surface area contributed by atoms with Crippen molar-refractivity contribution in [2.24, 2.45) is 11.8 Å². The van der Waals surface area contributed by atoms with Crippen LogP contribution in [-0.2, 0) is 10.8 Å². The van der Waals surface area contributed by atoms with Gasteiger partial charge in [0.05, 0.1) is 0 Å². The van der Waals surface area contributed by atoms with Gasteiger partial charge in [0, 0.05) is 44.1 Å². The summed E-state index contributed by atoms with van der Waals surface area (Å²) in [5.41, 5.74) is 24.0. The molecule has 2 bridgehead atoms. The third-order valence-electron chi connectivity index (χ3n) is 17.3. The Morgan fingerprint density at radius 1 is 0.443 bits per heavy atom. The van der Waals surface area contributed by atoms with E-state index >= 15 is 0 Å². The van der Waals surface area contributed by atoms with Crippen molar-refractivity contribution >= 4 is 49.8 Å². The highest BCUT2D eigenvalue weighted by molar-refractivity contribution is 6.19. The Labute approximate surface area is 409 Å². The molecule has 0 radical (unpaired) electrons. The van der Waals surface area contributed by atoms with Crippen LogP contribution < -0.4 is 4.90 Å². The summed E-state index contributed by atoms with van der Waals surface area (Å²) >= 11 is 0. The minimum Gasteiger partial charge on any atom is -0.455 e. The van der Waals surface area contributed by atoms with Crippen molar-refractivity contribution < 1.29 is 4.42 Å². The maximum absolute atomic E-state index is 6.70. The normalized spacial score (nSPS) is 18.9. The summed E-state index contributed by atoms with van der Waals surface area (Å²) in [6, 6.07) is 79.6. The highest BCUT2D eigenvalue weighted by Gasteiger charge is 2.56. The number of rotatable bonds is 6. The van der Waals surface area contributed by atoms with E-state index in [1.165, 1.54) is 104 Å². The van der Waals surface area contributed by atoms with Gasteiger partial charge in [-0.15, -0.1) is 0 Å². The fraction of sp³-hybridized carbons (Fsp3) is 0.147. The van der Waals surface area contributed by atoms with Crippen LogP contribution in [-0.4, -0.2) is 0 Å². The van der Waals surface area contributed by atoms with E-state index in [4.69, 9.17) is 4.42 Å². The first kappa shape index (κ1) is 40.0. The van der Waals surface area contributed by atoms with Crippen LogP contribution in [0.5, 0.6) is 0 Å². The molecular weight excluding hydrogens is 847 g/mol. The fourth-order valence-electron chi connectivity index (χ4n) is 14.4. The zero-order valence-electron chi connectivity index (χ0n) is 39.5. The molecule has 2 saturated carbocycles. The minimum absolute atomic E-state index is 0.0711. The average molecular weight is 898 g/mol. The van der Waals surface area contributed by atoms with Gasteiger partial charge in [0.1, 0.15) is 11.2 Å². The first-order valence-corrected chi connectivity index (χ1v) is 25.4. The summed E-state index contributed by atoms with van der Waals surface area (Å²) in [4.78, 5) is 2.51. The van der Waals surface area contributed by atoms with Crippen molar-refractivity contribution in [3.05, 3.63) is 235 Å². The molecule has 1 aromatic heterocycles. The monoisotopic (exact) mass is 897 g/mol. The van der Waals surface area contributed by atoms with Gasteiger partial charge in [-0.1, -0.05) is 184 Å². The third-order valence-corrected chi connectivity index (χ3v) is 17.3. The van der Waals surface area contributed by atoms with Crippen LogP contribution in [0, 0.1) is 11.8 Å². The van der Waals surface area contributed by atoms with E-state index < -0.39 is 0 Å². The first-order chi connectivity index (χ1) is 34.4. The molecule has 334 valence electrons. The zero-order valence-corrected chi connectivity index (χ0v) is 39.5. The summed E-state index contributed by atoms with van der Waals surface area (Å²) < 4.78 is 6.70. The number of hydrogen-bond donors (Lipinski definition) is 0. The summed E-state index contributed by atoms with van der Waals surface area (Å²) in [6.45, 7) is 4.77. The van der Waals surface area contributed by atoms with Crippen LogP contribution in [0.1, 0.15) is 61.8 Å². The minimum atomic E-state index is -0.118. The Morgan fingerprint density at radius 3 is 1.90 bits per heavy atom. The predicted molar refractivity (Wildman–Crippen MR) is 291 cm³/mol. The topological polar surface area (TPSA) is 16.4 Å². The molecule has 4 aliphatic rings. The largest absolute Gasteiger partial charge is 0.455 e. The molecule has 70 heavy (non-hydrogen) atoms. The molecule has 0 N–H and O–H groups in total. The summed E-state index contributed by atoms with van der Waals surface area (Å²) in [5.74, 6) is 1.48. The first-order valence-electron chi connectivity index (χ1n) is 25.4. The Balaban J connectivity index is 0.889. The van der Waals surface area contributed by atoms with E-state index in [1.54, 1.807) is 5.56 Å². The van der Waals surface area contributed by atoms with Crippen molar-refractivity contribution in [1.29, 1.82) is 0 Å². The SMILES string of the molecule is CC1(C)c2ccccc2-c2cccc(-c3ccccc3-c3ccc(N(c4cccc(-c5cccc6oc7c8ccccc8ccc7c56)c4)c4ccc5c(c4)C4(CC6CCC4C6)c4ccccc4-5)cc3)c21. The van der Waals surface area contributed by atoms with E-state index in [2.05, 4.69) is 231 Å². The smallest absolute Gasteiger partial charge is 0.143 e. The summed E-state index contributed by atoms with van der Waals surface area (Å²) in [5, 5.41) is 4.62. The van der Waals surface area contributed by atoms with Crippen LogP contribution in [0.25, 0.3) is 88.3 Å². The van der Waals surface area contributed by atoms with Crippen molar-refractivity contribution in [2.45, 2.75) is 50.4 Å². The van der Waals surface area contributed by atoms with Gasteiger partial charge in [-0.2, -0.15) is 0 Å². The average Bonchev–Trinajstić information content (AvgIpc) is 4.24. The Morgan fingerprint density at radius 2 is 1.09 bits per heavy atom. The molecule has 0 amide bonds. The van der Waals surface area contributed by atoms with Crippen molar-refractivity contribution in [3.8, 4) is 55.6 Å². The van der Waals surface area contributed by atoms with Gasteiger partial charge in [-0.3, -0.25) is 0 Å². The lowest BCUT2D eigenvalue weighted by Gasteiger charge is -2.37. The molecule has 3 atom stereocenters. The van der Waals surface area contributed by atoms with Gasteiger partial charge in [0.15, 0.2) is 0 Å². The Kier molecular flexibility index (Phi) is 8.45. The van der Waals surface area contributed by atoms with E-state index in [1.807, 2.05) is 0 Å². The molecule has 1 heterocycles. The number of hydrogen-bond acceptors (Lipinski definition) is 2. The molecule has 2 nitrogen and oxygen atoms in total. The van der Waals surface area contributed by atoms with Crippen LogP contribution in [0.3, 0.4) is 0 Å². The standard InChI is InChI=1S/C68H51NO/c1-67(2)60-25-9-7-21-55(60)58-24-12-23-57(65(58)67)53-19-6-5-17-50(53)44-29-33-47(34-30-44)69(49-35-37-56-54-20-8-10-26-61(54)68(62(56)40-49)41-42-28-32-46(68)38-42)48-16-11-15-45(39-48)51-22-13-27-63-64(51)59-36-31-43-14-3-4-18-52(43)66(59)70-63/h3-27,29-31,33-37,39-40,42,46H,28,32,38,41H2,1-2H3. The lowest BCUT2D eigenvalue weighted by atomic mass is 9.67. The van der Waals surface area contributed by atoms with Crippen molar-refractivity contribution in [3.63, 3.8) is 0 Å². The lowest BCUT2D eigenvalue weighted by Crippen LogP contribution is -2.32. The number of nitrogens with zero attached hydrogens (tertiary/aromatic N) is 1. The van der Waals surface area contributed by atoms with E-state index in [-0.39, 0.29) is 10.8 Å². The van der Waals surface area contributed by atoms with Crippen molar-refractivity contribution in [2.75, 3.05) is 4.90 Å². The van der Waals surface area contributed by atoms with Crippen LogP contribution in [0.15, 0.2) is 217 Å². The molecule has 0 saturated heterocycles. The second-order valence-electron chi connectivity index (χ2n) is 21.1. The van der Waals surface area contributed by atoms with Gasteiger partial charge in [0.25, 0.3) is 0 Å². The maximum Gasteiger partial charge on any atom is 0.143 e. The second kappa shape index (κ2) is 14.8. The molecular formula is C68H51NO. The Hall–Kier alpha value is -7.94. The highest BCUT2D eigenvalue weighted by Crippen LogP contribution is 2.66. The summed E-state index contributed by atoms with van der Waals surface area (Å²) in [7, 11) is 0. The number of furan rings is 1. The molecule has 3 unspecified atom stereocenters. The molecule has 0 aliphatic heterocycles. The van der Waals surface area contributed by atoms with E-state index in [0.29, 0.717) is 5.92 Å². The van der Waals surface area contributed by atoms with Crippen LogP contribution >= 0.6 is 0 Å². The molecule has 10 aromatic carbocycles. The van der Waals surface area contributed by atoms with Crippen molar-refractivity contribution in [1.82, 2.24) is 0 Å². The van der Waals surface area contributed by atoms with Gasteiger partial charge in [-0.25, -0.2) is 0 Å². The quantitative estimate of drug-likeness (QED) is 0.165. The van der Waals surface area contributed by atoms with Crippen LogP contribution in [0.2, 0.25) is 0 Å². The highest BCUT2D eigenvalue weighted by atomic mass is 16.3. The van der Waals surface area contributed by atoms with Gasteiger partial charge >= 0.3 is 0 Å². The maximum atomic E-state index is 6.70. The molecule has 2 fully saturated rings. The lowest BCUT2D eigenvalue weighted by molar-refractivity contribution is 0.327. The van der Waals surface area contributed by atoms with Gasteiger partial charge in [-0.05, 0) is 163 Å². The van der Waals surface area contributed by atoms with E-state index in [0.717, 1.165) is 50.2 Å². The second-order valence-corrected chi connectivity index (χ2v) is 21.1.